The number of likely N-dealkylation sites (tertiary alicyclic amines) is 1. The van der Waals surface area contributed by atoms with E-state index in [1.54, 1.807) is 21.9 Å². The third-order valence-corrected chi connectivity index (χ3v) is 8.78. The number of nitrogens with zero attached hydrogens (tertiary/aromatic N) is 2. The molecule has 2 aromatic rings. The summed E-state index contributed by atoms with van der Waals surface area (Å²) in [7, 11) is -3.60. The van der Waals surface area contributed by atoms with E-state index in [0.717, 1.165) is 18.4 Å². The average Bonchev–Trinajstić information content (AvgIpc) is 3.67. The van der Waals surface area contributed by atoms with Crippen molar-refractivity contribution < 1.29 is 31.1 Å². The van der Waals surface area contributed by atoms with Crippen LogP contribution < -0.4 is 4.72 Å². The molecule has 200 valence electrons. The Labute approximate surface area is 214 Å². The summed E-state index contributed by atoms with van der Waals surface area (Å²) in [5.41, 5.74) is 0.411. The van der Waals surface area contributed by atoms with E-state index in [1.165, 1.54) is 36.4 Å². The van der Waals surface area contributed by atoms with Gasteiger partial charge in [0.25, 0.3) is 12.3 Å². The number of halogens is 3. The van der Waals surface area contributed by atoms with Crippen LogP contribution in [0.1, 0.15) is 47.7 Å². The zero-order chi connectivity index (χ0) is 26.2. The molecule has 1 amide bonds. The molecule has 37 heavy (non-hydrogen) atoms. The molecule has 2 saturated heterocycles. The van der Waals surface area contributed by atoms with Crippen molar-refractivity contribution in [1.82, 2.24) is 14.5 Å². The fourth-order valence-electron chi connectivity index (χ4n) is 5.11. The molecule has 0 bridgehead atoms. The maximum Gasteiger partial charge on any atom is 0.253 e. The molecule has 2 heterocycles. The number of benzene rings is 2. The fourth-order valence-corrected chi connectivity index (χ4v) is 6.41. The Balaban J connectivity index is 1.25. The molecule has 2 aromatic carbocycles. The van der Waals surface area contributed by atoms with E-state index in [-0.39, 0.29) is 35.8 Å². The molecule has 1 N–H and O–H groups in total. The van der Waals surface area contributed by atoms with Crippen LogP contribution in [-0.4, -0.2) is 74.9 Å². The summed E-state index contributed by atoms with van der Waals surface area (Å²) in [4.78, 5) is 16.6. The molecule has 3 aliphatic rings. The summed E-state index contributed by atoms with van der Waals surface area (Å²) in [6, 6.07) is 11.8. The van der Waals surface area contributed by atoms with E-state index in [2.05, 4.69) is 4.72 Å². The Morgan fingerprint density at radius 2 is 1.70 bits per heavy atom. The van der Waals surface area contributed by atoms with Crippen molar-refractivity contribution in [3.8, 4) is 0 Å². The molecule has 1 spiro atoms. The van der Waals surface area contributed by atoms with Crippen LogP contribution in [0.25, 0.3) is 0 Å². The number of hydrogen-bond donors (Lipinski definition) is 1. The Bertz CT molecular complexity index is 1210. The summed E-state index contributed by atoms with van der Waals surface area (Å²) in [5, 5.41) is 0. The first-order chi connectivity index (χ1) is 17.6. The van der Waals surface area contributed by atoms with Crippen molar-refractivity contribution in [3.05, 3.63) is 65.5 Å². The largest absolute Gasteiger partial charge is 0.364 e. The zero-order valence-corrected chi connectivity index (χ0v) is 21.1. The Morgan fingerprint density at radius 3 is 2.30 bits per heavy atom. The second-order valence-electron chi connectivity index (χ2n) is 10.1. The van der Waals surface area contributed by atoms with Gasteiger partial charge in [0.1, 0.15) is 5.82 Å². The predicted molar refractivity (Wildman–Crippen MR) is 130 cm³/mol. The highest BCUT2D eigenvalue weighted by Gasteiger charge is 2.44. The average molecular weight is 538 g/mol. The molecule has 1 saturated carbocycles. The normalized spacial score (nSPS) is 22.5. The lowest BCUT2D eigenvalue weighted by Gasteiger charge is -2.50. The van der Waals surface area contributed by atoms with Crippen molar-refractivity contribution in [1.29, 1.82) is 0 Å². The van der Waals surface area contributed by atoms with Gasteiger partial charge in [0.2, 0.25) is 10.0 Å². The van der Waals surface area contributed by atoms with E-state index < -0.39 is 28.2 Å². The lowest BCUT2D eigenvalue weighted by molar-refractivity contribution is -0.180. The molecule has 5 rings (SSSR count). The van der Waals surface area contributed by atoms with Crippen molar-refractivity contribution in [2.24, 2.45) is 0 Å². The lowest BCUT2D eigenvalue weighted by Crippen LogP contribution is -2.58. The maximum atomic E-state index is 13.4. The van der Waals surface area contributed by atoms with Gasteiger partial charge in [0.15, 0.2) is 0 Å². The highest BCUT2D eigenvalue weighted by Crippen LogP contribution is 2.38. The van der Waals surface area contributed by atoms with Crippen LogP contribution in [-0.2, 0) is 14.8 Å². The number of morpholine rings is 1. The molecule has 11 heteroatoms. The van der Waals surface area contributed by atoms with Gasteiger partial charge in [-0.3, -0.25) is 9.69 Å². The lowest BCUT2D eigenvalue weighted by atomic mass is 9.87. The molecular formula is C26H30F3N3O4S. The molecular weight excluding hydrogens is 507 g/mol. The van der Waals surface area contributed by atoms with Gasteiger partial charge >= 0.3 is 0 Å². The Morgan fingerprint density at radius 1 is 1.05 bits per heavy atom. The number of amides is 1. The summed E-state index contributed by atoms with van der Waals surface area (Å²) >= 11 is 0. The van der Waals surface area contributed by atoms with Crippen LogP contribution in [0, 0.1) is 5.82 Å². The summed E-state index contributed by atoms with van der Waals surface area (Å²) in [5.74, 6) is -0.598. The van der Waals surface area contributed by atoms with Gasteiger partial charge in [0, 0.05) is 37.8 Å². The second-order valence-corrected chi connectivity index (χ2v) is 11.9. The first kappa shape index (κ1) is 26.1. The van der Waals surface area contributed by atoms with E-state index in [1.807, 2.05) is 0 Å². The number of carbonyl (C=O) groups excluding carboxylic acids is 1. The predicted octanol–water partition coefficient (Wildman–Crippen LogP) is 3.58. The molecule has 2 aliphatic heterocycles. The number of nitrogens with one attached hydrogen (secondary N) is 1. The summed E-state index contributed by atoms with van der Waals surface area (Å²) < 4.78 is 73.8. The van der Waals surface area contributed by atoms with E-state index >= 15 is 0 Å². The van der Waals surface area contributed by atoms with Crippen molar-refractivity contribution in [3.63, 3.8) is 0 Å². The number of alkyl halides is 2. The number of piperidine rings is 1. The highest BCUT2D eigenvalue weighted by molar-refractivity contribution is 7.89. The standard InChI is InChI=1S/C26H30F3N3O4S/c27-20-5-1-18(2-6-20)23-15-31(16-24(28)29)17-26(36-23)11-13-32(14-12-26)25(33)19-3-9-22(10-4-19)37(34,35)30-21-7-8-21/h1-6,9-10,21,23-24,30H,7-8,11-17H2. The van der Waals surface area contributed by atoms with E-state index in [9.17, 15) is 26.4 Å². The molecule has 7 nitrogen and oxygen atoms in total. The SMILES string of the molecule is O=C(c1ccc(S(=O)(=O)NC2CC2)cc1)N1CCC2(CC1)CN(CC(F)F)CC(c1ccc(F)cc1)O2. The fraction of sp³-hybridized carbons (Fsp3) is 0.500. The van der Waals surface area contributed by atoms with Crippen LogP contribution in [0.2, 0.25) is 0 Å². The Kier molecular flexibility index (Phi) is 7.32. The molecule has 1 atom stereocenters. The Hall–Kier alpha value is -2.47. The van der Waals surface area contributed by atoms with Gasteiger partial charge in [-0.25, -0.2) is 26.3 Å². The second kappa shape index (κ2) is 10.4. The smallest absolute Gasteiger partial charge is 0.253 e. The molecule has 0 aromatic heterocycles. The molecule has 1 aliphatic carbocycles. The number of sulfonamides is 1. The third kappa shape index (κ3) is 6.17. The monoisotopic (exact) mass is 537 g/mol. The van der Waals surface area contributed by atoms with Crippen LogP contribution in [0.3, 0.4) is 0 Å². The number of hydrogen-bond acceptors (Lipinski definition) is 5. The van der Waals surface area contributed by atoms with Crippen molar-refractivity contribution in [2.45, 2.75) is 54.8 Å². The minimum absolute atomic E-state index is 0.00624. The maximum absolute atomic E-state index is 13.4. The molecule has 1 unspecified atom stereocenters. The van der Waals surface area contributed by atoms with Crippen LogP contribution in [0.4, 0.5) is 13.2 Å². The molecule has 0 radical (unpaired) electrons. The highest BCUT2D eigenvalue weighted by atomic mass is 32.2. The van der Waals surface area contributed by atoms with Crippen molar-refractivity contribution >= 4 is 15.9 Å². The number of ether oxygens (including phenoxy) is 1. The first-order valence-corrected chi connectivity index (χ1v) is 14.0. The number of rotatable bonds is 7. The third-order valence-electron chi connectivity index (χ3n) is 7.24. The van der Waals surface area contributed by atoms with Crippen LogP contribution in [0.15, 0.2) is 53.4 Å². The van der Waals surface area contributed by atoms with Gasteiger partial charge in [-0.2, -0.15) is 0 Å². The minimum Gasteiger partial charge on any atom is -0.364 e. The van der Waals surface area contributed by atoms with Gasteiger partial charge < -0.3 is 9.64 Å². The number of carbonyl (C=O) groups is 1. The quantitative estimate of drug-likeness (QED) is 0.584. The van der Waals surface area contributed by atoms with Gasteiger partial charge in [-0.15, -0.1) is 0 Å². The minimum atomic E-state index is -3.60. The topological polar surface area (TPSA) is 79.0 Å². The molecule has 3 fully saturated rings. The van der Waals surface area contributed by atoms with Crippen LogP contribution in [0.5, 0.6) is 0 Å². The summed E-state index contributed by atoms with van der Waals surface area (Å²) in [6.07, 6.45) is -0.367. The summed E-state index contributed by atoms with van der Waals surface area (Å²) in [6.45, 7) is 0.987. The van der Waals surface area contributed by atoms with E-state index in [4.69, 9.17) is 4.74 Å². The van der Waals surface area contributed by atoms with Gasteiger partial charge in [-0.1, -0.05) is 12.1 Å². The van der Waals surface area contributed by atoms with Crippen LogP contribution >= 0.6 is 0 Å². The van der Waals surface area contributed by atoms with Gasteiger partial charge in [-0.05, 0) is 67.6 Å². The van der Waals surface area contributed by atoms with E-state index in [0.29, 0.717) is 38.0 Å². The first-order valence-electron chi connectivity index (χ1n) is 12.5. The zero-order valence-electron chi connectivity index (χ0n) is 20.3. The van der Waals surface area contributed by atoms with Crippen molar-refractivity contribution in [2.75, 3.05) is 32.7 Å². The van der Waals surface area contributed by atoms with Gasteiger partial charge in [0.05, 0.1) is 23.1 Å².